The zero-order valence-electron chi connectivity index (χ0n) is 12.4. The largest absolute Gasteiger partial charge is 0.367 e. The number of hydrogen-bond donors (Lipinski definition) is 1. The predicted molar refractivity (Wildman–Crippen MR) is 86.5 cm³/mol. The predicted octanol–water partition coefficient (Wildman–Crippen LogP) is 4.44. The van der Waals surface area contributed by atoms with Crippen molar-refractivity contribution in [3.8, 4) is 11.1 Å². The van der Waals surface area contributed by atoms with Crippen LogP contribution < -0.4 is 5.32 Å². The summed E-state index contributed by atoms with van der Waals surface area (Å²) < 4.78 is 28.5. The van der Waals surface area contributed by atoms with Crippen LogP contribution in [0.4, 0.5) is 14.6 Å². The van der Waals surface area contributed by atoms with Crippen molar-refractivity contribution in [1.29, 1.82) is 0 Å². The second-order valence-electron chi connectivity index (χ2n) is 5.27. The molecule has 2 aromatic heterocycles. The third kappa shape index (κ3) is 2.82. The molecule has 1 aromatic carbocycles. The van der Waals surface area contributed by atoms with Gasteiger partial charge in [0.15, 0.2) is 5.65 Å². The van der Waals surface area contributed by atoms with Gasteiger partial charge >= 0.3 is 0 Å². The molecule has 0 unspecified atom stereocenters. The molecule has 0 aliphatic heterocycles. The molecule has 1 N–H and O–H groups in total. The van der Waals surface area contributed by atoms with Gasteiger partial charge in [0, 0.05) is 18.4 Å². The van der Waals surface area contributed by atoms with Gasteiger partial charge < -0.3 is 5.32 Å². The second-order valence-corrected chi connectivity index (χ2v) is 5.65. The molecule has 0 amide bonds. The SMILES string of the molecule is CC(C)Nc1nc2nccnc2c(Cl)c1-c1c(F)cccc1F. The van der Waals surface area contributed by atoms with Crippen LogP contribution in [0.25, 0.3) is 22.3 Å². The number of fused-ring (bicyclic) bond motifs is 1. The van der Waals surface area contributed by atoms with Crippen molar-refractivity contribution in [1.82, 2.24) is 15.0 Å². The summed E-state index contributed by atoms with van der Waals surface area (Å²) >= 11 is 6.39. The third-order valence-electron chi connectivity index (χ3n) is 3.20. The number of hydrogen-bond acceptors (Lipinski definition) is 4. The van der Waals surface area contributed by atoms with Gasteiger partial charge in [-0.05, 0) is 26.0 Å². The highest BCUT2D eigenvalue weighted by Crippen LogP contribution is 2.40. The van der Waals surface area contributed by atoms with Crippen LogP contribution in [0.15, 0.2) is 30.6 Å². The molecule has 0 aliphatic carbocycles. The van der Waals surface area contributed by atoms with Crippen molar-refractivity contribution in [2.24, 2.45) is 0 Å². The molecular formula is C16H13ClF2N4. The van der Waals surface area contributed by atoms with Crippen molar-refractivity contribution >= 4 is 28.6 Å². The topological polar surface area (TPSA) is 50.7 Å². The van der Waals surface area contributed by atoms with Crippen molar-refractivity contribution in [2.45, 2.75) is 19.9 Å². The van der Waals surface area contributed by atoms with Crippen LogP contribution >= 0.6 is 11.6 Å². The fraction of sp³-hybridized carbons (Fsp3) is 0.188. The van der Waals surface area contributed by atoms with Crippen molar-refractivity contribution in [3.63, 3.8) is 0 Å². The molecule has 2 heterocycles. The Labute approximate surface area is 136 Å². The summed E-state index contributed by atoms with van der Waals surface area (Å²) in [7, 11) is 0. The number of pyridine rings is 1. The Morgan fingerprint density at radius 2 is 1.70 bits per heavy atom. The van der Waals surface area contributed by atoms with Gasteiger partial charge in [0.05, 0.1) is 16.1 Å². The van der Waals surface area contributed by atoms with Crippen LogP contribution in [0.2, 0.25) is 5.02 Å². The molecule has 0 saturated carbocycles. The molecule has 0 bridgehead atoms. The van der Waals surface area contributed by atoms with Gasteiger partial charge in [0.25, 0.3) is 0 Å². The highest BCUT2D eigenvalue weighted by molar-refractivity contribution is 6.38. The molecule has 3 rings (SSSR count). The fourth-order valence-corrected chi connectivity index (χ4v) is 2.61. The maximum atomic E-state index is 14.2. The van der Waals surface area contributed by atoms with Gasteiger partial charge in [-0.15, -0.1) is 0 Å². The van der Waals surface area contributed by atoms with Gasteiger partial charge in [0.1, 0.15) is 23.0 Å². The highest BCUT2D eigenvalue weighted by atomic mass is 35.5. The van der Waals surface area contributed by atoms with Crippen LogP contribution in [0.3, 0.4) is 0 Å². The number of halogens is 3. The summed E-state index contributed by atoms with van der Waals surface area (Å²) in [6.45, 7) is 3.77. The summed E-state index contributed by atoms with van der Waals surface area (Å²) in [5, 5.41) is 3.17. The lowest BCUT2D eigenvalue weighted by molar-refractivity contribution is 0.589. The number of benzene rings is 1. The van der Waals surface area contributed by atoms with Crippen LogP contribution in [-0.4, -0.2) is 21.0 Å². The molecule has 23 heavy (non-hydrogen) atoms. The lowest BCUT2D eigenvalue weighted by Crippen LogP contribution is -2.13. The Kier molecular flexibility index (Phi) is 4.09. The first-order valence-corrected chi connectivity index (χ1v) is 7.38. The van der Waals surface area contributed by atoms with Gasteiger partial charge in [-0.1, -0.05) is 17.7 Å². The minimum absolute atomic E-state index is 0.0127. The van der Waals surface area contributed by atoms with E-state index in [0.717, 1.165) is 0 Å². The van der Waals surface area contributed by atoms with E-state index in [2.05, 4.69) is 20.3 Å². The summed E-state index contributed by atoms with van der Waals surface area (Å²) in [6.07, 6.45) is 2.93. The first-order valence-electron chi connectivity index (χ1n) is 7.00. The lowest BCUT2D eigenvalue weighted by Gasteiger charge is -2.17. The van der Waals surface area contributed by atoms with E-state index in [0.29, 0.717) is 11.2 Å². The average molecular weight is 335 g/mol. The lowest BCUT2D eigenvalue weighted by atomic mass is 10.0. The zero-order chi connectivity index (χ0) is 16.6. The normalized spacial score (nSPS) is 11.2. The number of aromatic nitrogens is 3. The highest BCUT2D eigenvalue weighted by Gasteiger charge is 2.22. The van der Waals surface area contributed by atoms with E-state index in [-0.39, 0.29) is 28.0 Å². The Morgan fingerprint density at radius 1 is 1.04 bits per heavy atom. The maximum Gasteiger partial charge on any atom is 0.181 e. The first kappa shape index (κ1) is 15.6. The molecule has 4 nitrogen and oxygen atoms in total. The first-order chi connectivity index (χ1) is 11.0. The maximum absolute atomic E-state index is 14.2. The van der Waals surface area contributed by atoms with Crippen molar-refractivity contribution < 1.29 is 8.78 Å². The molecular weight excluding hydrogens is 322 g/mol. The van der Waals surface area contributed by atoms with Crippen molar-refractivity contribution in [2.75, 3.05) is 5.32 Å². The summed E-state index contributed by atoms with van der Waals surface area (Å²) in [6, 6.07) is 3.64. The van der Waals surface area contributed by atoms with E-state index in [1.807, 2.05) is 13.8 Å². The minimum Gasteiger partial charge on any atom is -0.367 e. The van der Waals surface area contributed by atoms with E-state index < -0.39 is 11.6 Å². The molecule has 0 saturated heterocycles. The van der Waals surface area contributed by atoms with E-state index in [1.165, 1.54) is 30.6 Å². The van der Waals surface area contributed by atoms with Crippen molar-refractivity contribution in [3.05, 3.63) is 47.2 Å². The molecule has 0 fully saturated rings. The van der Waals surface area contributed by atoms with Crippen LogP contribution in [0.1, 0.15) is 13.8 Å². The Morgan fingerprint density at radius 3 is 2.35 bits per heavy atom. The zero-order valence-corrected chi connectivity index (χ0v) is 13.2. The van der Waals surface area contributed by atoms with Crippen LogP contribution in [0.5, 0.6) is 0 Å². The van der Waals surface area contributed by atoms with Gasteiger partial charge in [0.2, 0.25) is 0 Å². The van der Waals surface area contributed by atoms with Crippen LogP contribution in [-0.2, 0) is 0 Å². The number of anilines is 1. The van der Waals surface area contributed by atoms with Gasteiger partial charge in [-0.25, -0.2) is 23.7 Å². The quantitative estimate of drug-likeness (QED) is 0.769. The molecule has 0 aliphatic rings. The van der Waals surface area contributed by atoms with E-state index in [1.54, 1.807) is 0 Å². The molecule has 0 atom stereocenters. The summed E-state index contributed by atoms with van der Waals surface area (Å²) in [5.74, 6) is -1.17. The number of rotatable bonds is 3. The molecule has 0 radical (unpaired) electrons. The van der Waals surface area contributed by atoms with E-state index in [9.17, 15) is 8.78 Å². The Balaban J connectivity index is 2.39. The van der Waals surface area contributed by atoms with Gasteiger partial charge in [-0.2, -0.15) is 0 Å². The van der Waals surface area contributed by atoms with E-state index in [4.69, 9.17) is 11.6 Å². The fourth-order valence-electron chi connectivity index (χ4n) is 2.29. The Hall–Kier alpha value is -2.34. The molecule has 118 valence electrons. The molecule has 3 aromatic rings. The third-order valence-corrected chi connectivity index (χ3v) is 3.57. The smallest absolute Gasteiger partial charge is 0.181 e. The molecule has 7 heteroatoms. The monoisotopic (exact) mass is 334 g/mol. The standard InChI is InChI=1S/C16H13ClF2N4/c1-8(2)22-15-12(11-9(18)4-3-5-10(11)19)13(17)14-16(23-15)21-7-6-20-14/h3-8H,1-2H3,(H,21,22,23). The summed E-state index contributed by atoms with van der Waals surface area (Å²) in [5.41, 5.74) is 0.506. The average Bonchev–Trinajstić information content (AvgIpc) is 2.49. The summed E-state index contributed by atoms with van der Waals surface area (Å²) in [4.78, 5) is 12.6. The van der Waals surface area contributed by atoms with Crippen LogP contribution in [0, 0.1) is 11.6 Å². The number of nitrogens with one attached hydrogen (secondary N) is 1. The minimum atomic E-state index is -0.719. The van der Waals surface area contributed by atoms with Gasteiger partial charge in [-0.3, -0.25) is 0 Å². The van der Waals surface area contributed by atoms with E-state index >= 15 is 0 Å². The molecule has 0 spiro atoms. The second kappa shape index (κ2) is 6.04. The number of nitrogens with zero attached hydrogens (tertiary/aromatic N) is 3. The Bertz CT molecular complexity index is 863.